The molecule has 0 aliphatic carbocycles. The molecule has 9 rings (SSSR count). The second-order valence-corrected chi connectivity index (χ2v) is 23.9. The average Bonchev–Trinajstić information content (AvgIpc) is 1.46. The number of benzene rings is 7. The van der Waals surface area contributed by atoms with Gasteiger partial charge in [-0.3, -0.25) is 4.79 Å². The zero-order valence-electron chi connectivity index (χ0n) is 54.9. The van der Waals surface area contributed by atoms with Gasteiger partial charge in [0.1, 0.15) is 24.3 Å². The summed E-state index contributed by atoms with van der Waals surface area (Å²) >= 11 is 15.7. The van der Waals surface area contributed by atoms with E-state index in [0.717, 1.165) is 110 Å². The van der Waals surface area contributed by atoms with Crippen molar-refractivity contribution in [1.82, 2.24) is 39.5 Å². The number of carbonyl (C=O) groups is 3. The largest absolute Gasteiger partial charge is 0.478 e. The van der Waals surface area contributed by atoms with Crippen LogP contribution in [0.2, 0.25) is 10.0 Å². The van der Waals surface area contributed by atoms with Gasteiger partial charge in [-0.2, -0.15) is 0 Å². The summed E-state index contributed by atoms with van der Waals surface area (Å²) in [6.45, 7) is 24.0. The van der Waals surface area contributed by atoms with Crippen molar-refractivity contribution < 1.29 is 24.6 Å². The minimum Gasteiger partial charge on any atom is -0.478 e. The van der Waals surface area contributed by atoms with Gasteiger partial charge in [0.25, 0.3) is 5.91 Å². The number of aromatic carboxylic acids is 2. The number of nitrogens with two attached hydrogens (primary N) is 1. The number of aryl methyl sites for hydroxylation is 2. The number of halogens is 3. The number of nitrogens with zero attached hydrogens (tertiary/aromatic N) is 8. The number of rotatable bonds is 27. The molecule has 0 fully saturated rings. The Morgan fingerprint density at radius 1 is 0.489 bits per heavy atom. The predicted molar refractivity (Wildman–Crippen MR) is 388 cm³/mol. The Hall–Kier alpha value is -8.59. The van der Waals surface area contributed by atoms with Gasteiger partial charge in [-0.25, -0.2) is 29.5 Å². The number of alkyl halides is 1. The van der Waals surface area contributed by atoms with Crippen molar-refractivity contribution >= 4 is 80.0 Å². The normalized spacial score (nSPS) is 10.8. The van der Waals surface area contributed by atoms with E-state index in [0.29, 0.717) is 68.0 Å². The first-order chi connectivity index (χ1) is 45.3. The molecule has 20 heteroatoms. The lowest BCUT2D eigenvalue weighted by atomic mass is 10.1. The fourth-order valence-electron chi connectivity index (χ4n) is 9.90. The summed E-state index contributed by atoms with van der Waals surface area (Å²) in [4.78, 5) is 61.4. The molecule has 94 heavy (non-hydrogen) atoms. The van der Waals surface area contributed by atoms with Crippen LogP contribution < -0.4 is 21.7 Å². The molecule has 0 spiro atoms. The summed E-state index contributed by atoms with van der Waals surface area (Å²) in [7, 11) is 4.18. The van der Waals surface area contributed by atoms with Gasteiger partial charge >= 0.3 is 11.9 Å². The Labute approximate surface area is 572 Å². The Morgan fingerprint density at radius 3 is 1.37 bits per heavy atom. The molecule has 0 atom stereocenters. The zero-order chi connectivity index (χ0) is 67.9. The molecular weight excluding hydrogens is 1290 g/mol. The molecule has 0 radical (unpaired) electrons. The molecule has 7 aromatic carbocycles. The number of carbonyl (C=O) groups excluding carboxylic acids is 1. The number of nitrogen functional groups attached to an aromatic ring is 1. The molecule has 494 valence electrons. The SMILES string of the molecule is CCN(CC)CCN(C)Cc1cccc(C(=O)Nc2ccc(Cl)cc2-c2cc(NCc3cccc(C)c3)ncn2)c1.CCN(CC)CCN(C)Cc1cccc(C(=O)O)c1.Cc1cccc(CNc2cc(-c3cc(Cl)ccc3N)ncn2)c1.O=C(O)c1cccc(CBr)c1. The predicted octanol–water partition coefficient (Wildman–Crippen LogP) is 15.5. The molecule has 1 amide bonds. The van der Waals surface area contributed by atoms with Crippen molar-refractivity contribution in [3.05, 3.63) is 248 Å². The minimum atomic E-state index is -0.882. The number of nitrogens with one attached hydrogen (secondary N) is 3. The number of carboxylic acid groups (broad SMARTS) is 2. The van der Waals surface area contributed by atoms with Crippen molar-refractivity contribution in [3.63, 3.8) is 0 Å². The van der Waals surface area contributed by atoms with Crippen molar-refractivity contribution in [2.75, 3.05) is 88.1 Å². The second-order valence-electron chi connectivity index (χ2n) is 22.5. The molecule has 0 bridgehead atoms. The van der Waals surface area contributed by atoms with Crippen LogP contribution in [0, 0.1) is 13.8 Å². The number of hydrogen-bond donors (Lipinski definition) is 6. The maximum Gasteiger partial charge on any atom is 0.335 e. The van der Waals surface area contributed by atoms with Crippen LogP contribution in [0.3, 0.4) is 0 Å². The first kappa shape index (κ1) is 74.4. The van der Waals surface area contributed by atoms with Gasteiger partial charge in [-0.15, -0.1) is 0 Å². The van der Waals surface area contributed by atoms with E-state index in [1.165, 1.54) is 29.3 Å². The first-order valence-electron chi connectivity index (χ1n) is 31.3. The molecule has 9 aromatic rings. The van der Waals surface area contributed by atoms with E-state index in [9.17, 15) is 14.4 Å². The van der Waals surface area contributed by atoms with Gasteiger partial charge in [0, 0.05) is 102 Å². The Kier molecular flexibility index (Phi) is 31.0. The van der Waals surface area contributed by atoms with E-state index in [4.69, 9.17) is 39.1 Å². The van der Waals surface area contributed by atoms with Crippen LogP contribution in [0.5, 0.6) is 0 Å². The van der Waals surface area contributed by atoms with Crippen molar-refractivity contribution in [1.29, 1.82) is 0 Å². The quantitative estimate of drug-likeness (QED) is 0.0208. The molecule has 7 N–H and O–H groups in total. The van der Waals surface area contributed by atoms with Crippen molar-refractivity contribution in [2.45, 2.75) is 73.1 Å². The fraction of sp³-hybridized carbons (Fsp3) is 0.284. The monoisotopic (exact) mass is 1370 g/mol. The van der Waals surface area contributed by atoms with E-state index in [1.54, 1.807) is 54.6 Å². The lowest BCUT2D eigenvalue weighted by Crippen LogP contribution is -2.32. The van der Waals surface area contributed by atoms with Crippen LogP contribution in [0.25, 0.3) is 22.5 Å². The van der Waals surface area contributed by atoms with Gasteiger partial charge in [0.2, 0.25) is 0 Å². The summed E-state index contributed by atoms with van der Waals surface area (Å²) < 4.78 is 0. The summed E-state index contributed by atoms with van der Waals surface area (Å²) in [5.41, 5.74) is 19.4. The molecule has 2 aromatic heterocycles. The van der Waals surface area contributed by atoms with E-state index >= 15 is 0 Å². The molecular formula is C74H87BrCl2N12O5. The van der Waals surface area contributed by atoms with E-state index < -0.39 is 11.9 Å². The topological polar surface area (TPSA) is 218 Å². The number of hydrogen-bond acceptors (Lipinski definition) is 14. The van der Waals surface area contributed by atoms with Crippen LogP contribution >= 0.6 is 39.1 Å². The maximum absolute atomic E-state index is 13.4. The Morgan fingerprint density at radius 2 is 0.904 bits per heavy atom. The summed E-state index contributed by atoms with van der Waals surface area (Å²) in [5, 5.41) is 29.2. The molecule has 0 aliphatic heterocycles. The highest BCUT2D eigenvalue weighted by atomic mass is 79.9. The first-order valence-corrected chi connectivity index (χ1v) is 33.1. The highest BCUT2D eigenvalue weighted by Gasteiger charge is 2.16. The lowest BCUT2D eigenvalue weighted by Gasteiger charge is -2.23. The third-order valence-electron chi connectivity index (χ3n) is 15.2. The minimum absolute atomic E-state index is 0.187. The second kappa shape index (κ2) is 39.2. The van der Waals surface area contributed by atoms with Gasteiger partial charge in [0.05, 0.1) is 28.2 Å². The maximum atomic E-state index is 13.4. The number of anilines is 4. The Balaban J connectivity index is 0.000000222. The molecule has 17 nitrogen and oxygen atoms in total. The van der Waals surface area contributed by atoms with Crippen LogP contribution in [-0.2, 0) is 31.5 Å². The molecule has 2 heterocycles. The third kappa shape index (κ3) is 25.4. The van der Waals surface area contributed by atoms with E-state index in [1.807, 2.05) is 72.8 Å². The highest BCUT2D eigenvalue weighted by molar-refractivity contribution is 9.08. The van der Waals surface area contributed by atoms with Crippen LogP contribution in [0.15, 0.2) is 183 Å². The molecule has 0 unspecified atom stereocenters. The standard InChI is InChI=1S/C33H39ClN6O.C18H17ClN4.C15H24N2O2.C8H7BrO2/c1-5-40(6-2)16-15-39(4)22-26-11-8-12-27(18-26)33(41)38-30-14-13-28(34)19-29(30)31-20-32(37-23-36-31)35-21-25-10-7-9-24(3)17-25;1-12-3-2-4-13(7-12)10-21-18-9-17(22-11-23-18)15-8-14(19)5-6-16(15)20;1-4-17(5-2)10-9-16(3)12-13-7-6-8-14(11-13)15(18)19;9-5-6-2-1-3-7(4-6)8(10)11/h7-14,17-20,23H,5-6,15-16,21-22H2,1-4H3,(H,38,41)(H,35,36,37);2-9,11H,10,20H2,1H3,(H,21,22,23);6-8,11H,4-5,9-10,12H2,1-3H3,(H,18,19);1-4H,5H2,(H,10,11). The molecule has 0 aliphatic rings. The smallest absolute Gasteiger partial charge is 0.335 e. The van der Waals surface area contributed by atoms with Gasteiger partial charge in [-0.1, -0.05) is 163 Å². The van der Waals surface area contributed by atoms with E-state index in [-0.39, 0.29) is 5.91 Å². The summed E-state index contributed by atoms with van der Waals surface area (Å²) in [5.74, 6) is -0.504. The summed E-state index contributed by atoms with van der Waals surface area (Å²) in [6, 6.07) is 52.9. The van der Waals surface area contributed by atoms with Crippen LogP contribution in [0.1, 0.15) is 97.7 Å². The van der Waals surface area contributed by atoms with Gasteiger partial charge in [0.15, 0.2) is 0 Å². The van der Waals surface area contributed by atoms with Crippen LogP contribution in [0.4, 0.5) is 23.0 Å². The number of amides is 1. The van der Waals surface area contributed by atoms with Gasteiger partial charge < -0.3 is 51.5 Å². The highest BCUT2D eigenvalue weighted by Crippen LogP contribution is 2.32. The molecule has 0 saturated carbocycles. The third-order valence-corrected chi connectivity index (χ3v) is 16.3. The van der Waals surface area contributed by atoms with Crippen molar-refractivity contribution in [3.8, 4) is 22.5 Å². The van der Waals surface area contributed by atoms with Gasteiger partial charge in [-0.05, 0) is 155 Å². The number of likely N-dealkylation sites (N-methyl/N-ethyl adjacent to an activating group) is 4. The molecule has 0 saturated heterocycles. The average molecular weight is 1380 g/mol. The van der Waals surface area contributed by atoms with Crippen molar-refractivity contribution in [2.24, 2.45) is 0 Å². The number of carboxylic acids is 2. The lowest BCUT2D eigenvalue weighted by molar-refractivity contribution is 0.0686. The zero-order valence-corrected chi connectivity index (χ0v) is 58.0. The fourth-order valence-corrected chi connectivity index (χ4v) is 10.6. The summed E-state index contributed by atoms with van der Waals surface area (Å²) in [6.07, 6.45) is 3.04. The number of aromatic nitrogens is 4. The van der Waals surface area contributed by atoms with Crippen LogP contribution in [-0.4, -0.2) is 134 Å². The Bertz CT molecular complexity index is 3870. The van der Waals surface area contributed by atoms with E-state index in [2.05, 4.69) is 170 Å².